The molecule has 1 atom stereocenters. The highest BCUT2D eigenvalue weighted by molar-refractivity contribution is 6.32. The maximum Gasteiger partial charge on any atom is 0.137 e. The molecule has 4 heteroatoms. The Morgan fingerprint density at radius 3 is 2.94 bits per heavy atom. The summed E-state index contributed by atoms with van der Waals surface area (Å²) in [5.74, 6) is 0.732. The number of rotatable bonds is 4. The first-order chi connectivity index (χ1) is 8.70. The van der Waals surface area contributed by atoms with Crippen LogP contribution in [0.25, 0.3) is 0 Å². The molecule has 0 radical (unpaired) electrons. The highest BCUT2D eigenvalue weighted by atomic mass is 35.5. The Morgan fingerprint density at radius 1 is 1.44 bits per heavy atom. The smallest absolute Gasteiger partial charge is 0.137 e. The molecule has 0 amide bonds. The predicted molar refractivity (Wildman–Crippen MR) is 76.9 cm³/mol. The Labute approximate surface area is 114 Å². The van der Waals surface area contributed by atoms with Gasteiger partial charge in [0.05, 0.1) is 12.1 Å². The molecule has 1 aromatic carbocycles. The Kier molecular flexibility index (Phi) is 4.72. The third-order valence-corrected chi connectivity index (χ3v) is 3.75. The van der Waals surface area contributed by atoms with Gasteiger partial charge in [-0.05, 0) is 44.0 Å². The second-order valence-electron chi connectivity index (χ2n) is 4.83. The van der Waals surface area contributed by atoms with Crippen molar-refractivity contribution in [2.24, 2.45) is 0 Å². The fourth-order valence-corrected chi connectivity index (χ4v) is 2.57. The van der Waals surface area contributed by atoms with E-state index in [1.807, 2.05) is 12.1 Å². The lowest BCUT2D eigenvalue weighted by Gasteiger charge is -2.24. The van der Waals surface area contributed by atoms with Gasteiger partial charge in [0.2, 0.25) is 0 Å². The van der Waals surface area contributed by atoms with Crippen LogP contribution in [0.1, 0.15) is 24.8 Å². The SMILES string of the molecule is COc1cc(C)c(NCC2CCCCN2)cc1Cl. The van der Waals surface area contributed by atoms with Crippen molar-refractivity contribution in [1.29, 1.82) is 0 Å². The third-order valence-electron chi connectivity index (χ3n) is 3.45. The first-order valence-corrected chi connectivity index (χ1v) is 6.90. The number of anilines is 1. The largest absolute Gasteiger partial charge is 0.495 e. The summed E-state index contributed by atoms with van der Waals surface area (Å²) in [6, 6.07) is 4.48. The highest BCUT2D eigenvalue weighted by Gasteiger charge is 2.13. The van der Waals surface area contributed by atoms with E-state index in [0.717, 1.165) is 30.1 Å². The van der Waals surface area contributed by atoms with Gasteiger partial charge in [0.1, 0.15) is 5.75 Å². The van der Waals surface area contributed by atoms with E-state index < -0.39 is 0 Å². The van der Waals surface area contributed by atoms with Crippen molar-refractivity contribution < 1.29 is 4.74 Å². The van der Waals surface area contributed by atoms with E-state index in [-0.39, 0.29) is 0 Å². The van der Waals surface area contributed by atoms with Crippen molar-refractivity contribution in [3.8, 4) is 5.75 Å². The van der Waals surface area contributed by atoms with E-state index in [0.29, 0.717) is 11.1 Å². The van der Waals surface area contributed by atoms with Crippen LogP contribution in [-0.2, 0) is 0 Å². The minimum absolute atomic E-state index is 0.569. The van der Waals surface area contributed by atoms with E-state index >= 15 is 0 Å². The van der Waals surface area contributed by atoms with Crippen molar-refractivity contribution in [2.45, 2.75) is 32.2 Å². The Bertz CT molecular complexity index is 403. The molecule has 1 aromatic rings. The fraction of sp³-hybridized carbons (Fsp3) is 0.571. The maximum atomic E-state index is 6.14. The zero-order valence-corrected chi connectivity index (χ0v) is 11.8. The lowest BCUT2D eigenvalue weighted by atomic mass is 10.0. The number of methoxy groups -OCH3 is 1. The second kappa shape index (κ2) is 6.30. The lowest BCUT2D eigenvalue weighted by molar-refractivity contribution is 0.413. The number of hydrogen-bond acceptors (Lipinski definition) is 3. The summed E-state index contributed by atoms with van der Waals surface area (Å²) in [5, 5.41) is 7.65. The van der Waals surface area contributed by atoms with Gasteiger partial charge in [0.15, 0.2) is 0 Å². The first-order valence-electron chi connectivity index (χ1n) is 6.52. The van der Waals surface area contributed by atoms with Crippen molar-refractivity contribution in [3.05, 3.63) is 22.7 Å². The van der Waals surface area contributed by atoms with Gasteiger partial charge in [0.25, 0.3) is 0 Å². The van der Waals surface area contributed by atoms with Crippen LogP contribution in [0.5, 0.6) is 5.75 Å². The van der Waals surface area contributed by atoms with Gasteiger partial charge in [-0.3, -0.25) is 0 Å². The summed E-state index contributed by atoms with van der Waals surface area (Å²) in [6.07, 6.45) is 3.86. The normalized spacial score (nSPS) is 19.6. The number of benzene rings is 1. The molecule has 0 spiro atoms. The molecule has 1 aliphatic heterocycles. The average Bonchev–Trinajstić information content (AvgIpc) is 2.40. The number of ether oxygens (including phenoxy) is 1. The van der Waals surface area contributed by atoms with Crippen LogP contribution in [0.4, 0.5) is 5.69 Å². The summed E-state index contributed by atoms with van der Waals surface area (Å²) in [6.45, 7) is 4.15. The summed E-state index contributed by atoms with van der Waals surface area (Å²) < 4.78 is 5.20. The molecule has 0 saturated carbocycles. The number of nitrogens with one attached hydrogen (secondary N) is 2. The number of hydrogen-bond donors (Lipinski definition) is 2. The van der Waals surface area contributed by atoms with Crippen LogP contribution >= 0.6 is 11.6 Å². The van der Waals surface area contributed by atoms with E-state index in [4.69, 9.17) is 16.3 Å². The molecule has 1 heterocycles. The molecule has 100 valence electrons. The minimum atomic E-state index is 0.569. The van der Waals surface area contributed by atoms with E-state index in [2.05, 4.69) is 17.6 Å². The number of piperidine rings is 1. The molecule has 1 aliphatic rings. The molecular weight excluding hydrogens is 248 g/mol. The zero-order valence-electron chi connectivity index (χ0n) is 11.1. The fourth-order valence-electron chi connectivity index (χ4n) is 2.33. The first kappa shape index (κ1) is 13.5. The van der Waals surface area contributed by atoms with Gasteiger partial charge >= 0.3 is 0 Å². The van der Waals surface area contributed by atoms with Gasteiger partial charge in [-0.15, -0.1) is 0 Å². The molecule has 0 bridgehead atoms. The Hall–Kier alpha value is -0.930. The summed E-state index contributed by atoms with van der Waals surface area (Å²) in [4.78, 5) is 0. The van der Waals surface area contributed by atoms with Crippen molar-refractivity contribution in [3.63, 3.8) is 0 Å². The molecule has 0 aromatic heterocycles. The minimum Gasteiger partial charge on any atom is -0.495 e. The van der Waals surface area contributed by atoms with E-state index in [1.165, 1.54) is 19.3 Å². The number of halogens is 1. The summed E-state index contributed by atoms with van der Waals surface area (Å²) in [7, 11) is 1.64. The maximum absolute atomic E-state index is 6.14. The van der Waals surface area contributed by atoms with Crippen molar-refractivity contribution >= 4 is 17.3 Å². The quantitative estimate of drug-likeness (QED) is 0.880. The summed E-state index contributed by atoms with van der Waals surface area (Å²) in [5.41, 5.74) is 2.25. The lowest BCUT2D eigenvalue weighted by Crippen LogP contribution is -2.39. The molecule has 1 fully saturated rings. The topological polar surface area (TPSA) is 33.3 Å². The van der Waals surface area contributed by atoms with Crippen LogP contribution in [0.15, 0.2) is 12.1 Å². The summed E-state index contributed by atoms with van der Waals surface area (Å²) >= 11 is 6.14. The van der Waals surface area contributed by atoms with Gasteiger partial charge in [-0.25, -0.2) is 0 Å². The molecule has 2 N–H and O–H groups in total. The molecule has 1 unspecified atom stereocenters. The van der Waals surface area contributed by atoms with Crippen LogP contribution < -0.4 is 15.4 Å². The van der Waals surface area contributed by atoms with Gasteiger partial charge < -0.3 is 15.4 Å². The van der Waals surface area contributed by atoms with Gasteiger partial charge in [-0.2, -0.15) is 0 Å². The predicted octanol–water partition coefficient (Wildman–Crippen LogP) is 3.21. The van der Waals surface area contributed by atoms with Crippen LogP contribution in [0.2, 0.25) is 5.02 Å². The standard InChI is InChI=1S/C14H21ClN2O/c1-10-7-14(18-2)12(15)8-13(10)17-9-11-5-3-4-6-16-11/h7-8,11,16-17H,3-6,9H2,1-2H3. The van der Waals surface area contributed by atoms with Crippen LogP contribution in [0.3, 0.4) is 0 Å². The third kappa shape index (κ3) is 3.30. The van der Waals surface area contributed by atoms with Crippen molar-refractivity contribution in [1.82, 2.24) is 5.32 Å². The second-order valence-corrected chi connectivity index (χ2v) is 5.24. The van der Waals surface area contributed by atoms with Crippen LogP contribution in [-0.4, -0.2) is 26.2 Å². The Morgan fingerprint density at radius 2 is 2.28 bits per heavy atom. The Balaban J connectivity index is 1.98. The molecule has 1 saturated heterocycles. The van der Waals surface area contributed by atoms with Crippen LogP contribution in [0, 0.1) is 6.92 Å². The monoisotopic (exact) mass is 268 g/mol. The van der Waals surface area contributed by atoms with Gasteiger partial charge in [-0.1, -0.05) is 18.0 Å². The highest BCUT2D eigenvalue weighted by Crippen LogP contribution is 2.30. The zero-order chi connectivity index (χ0) is 13.0. The average molecular weight is 269 g/mol. The van der Waals surface area contributed by atoms with Crippen molar-refractivity contribution in [2.75, 3.05) is 25.5 Å². The van der Waals surface area contributed by atoms with Gasteiger partial charge in [0, 0.05) is 18.3 Å². The van der Waals surface area contributed by atoms with E-state index in [9.17, 15) is 0 Å². The molecule has 3 nitrogen and oxygen atoms in total. The molecular formula is C14H21ClN2O. The molecule has 18 heavy (non-hydrogen) atoms. The van der Waals surface area contributed by atoms with E-state index in [1.54, 1.807) is 7.11 Å². The molecule has 0 aliphatic carbocycles. The number of aryl methyl sites for hydroxylation is 1. The molecule has 2 rings (SSSR count).